The Morgan fingerprint density at radius 2 is 2.46 bits per heavy atom. The maximum atomic E-state index is 5.10. The third-order valence-corrected chi connectivity index (χ3v) is 2.68. The van der Waals surface area contributed by atoms with Gasteiger partial charge in [0.15, 0.2) is 0 Å². The molecule has 0 aliphatic carbocycles. The molecule has 0 saturated carbocycles. The van der Waals surface area contributed by atoms with E-state index in [9.17, 15) is 0 Å². The van der Waals surface area contributed by atoms with Gasteiger partial charge in [0.05, 0.1) is 12.0 Å². The molecular weight excluding hydrogens is 252 g/mol. The third-order valence-electron chi connectivity index (χ3n) is 1.30. The molecule has 0 atom stereocenters. The van der Waals surface area contributed by atoms with Crippen molar-refractivity contribution in [2.45, 2.75) is 11.8 Å². The van der Waals surface area contributed by atoms with Crippen molar-refractivity contribution in [3.05, 3.63) is 16.7 Å². The Hall–Kier alpha value is -0.260. The zero-order valence-corrected chi connectivity index (χ0v) is 9.91. The lowest BCUT2D eigenvalue weighted by atomic mass is 10.5. The van der Waals surface area contributed by atoms with Crippen LogP contribution in [-0.4, -0.2) is 18.6 Å². The van der Waals surface area contributed by atoms with E-state index >= 15 is 0 Å². The van der Waals surface area contributed by atoms with Gasteiger partial charge in [-0.05, 0) is 33.9 Å². The van der Waals surface area contributed by atoms with E-state index in [4.69, 9.17) is 4.74 Å². The summed E-state index contributed by atoms with van der Waals surface area (Å²) in [6.07, 6.45) is 1.72. The number of nitrogens with zero attached hydrogens (tertiary/aromatic N) is 1. The van der Waals surface area contributed by atoms with Crippen LogP contribution in [0.4, 0.5) is 0 Å². The number of hydrogen-bond donors (Lipinski definition) is 1. The molecule has 1 aromatic rings. The molecule has 3 nitrogen and oxygen atoms in total. The zero-order chi connectivity index (χ0) is 9.68. The monoisotopic (exact) mass is 262 g/mol. The zero-order valence-electron chi connectivity index (χ0n) is 7.50. The minimum Gasteiger partial charge on any atom is -0.480 e. The topological polar surface area (TPSA) is 34.2 Å². The summed E-state index contributed by atoms with van der Waals surface area (Å²) in [5.74, 6) is 0.647. The summed E-state index contributed by atoms with van der Waals surface area (Å²) in [5.41, 5.74) is 0. The molecule has 0 fully saturated rings. The van der Waals surface area contributed by atoms with Crippen molar-refractivity contribution >= 4 is 27.9 Å². The molecule has 0 bridgehead atoms. The quantitative estimate of drug-likeness (QED) is 0.846. The SMILES string of the molecule is CCNSc1cc(Br)cnc1OC. The van der Waals surface area contributed by atoms with Gasteiger partial charge in [-0.15, -0.1) is 0 Å². The molecule has 0 radical (unpaired) electrons. The van der Waals surface area contributed by atoms with Gasteiger partial charge in [-0.25, -0.2) is 4.98 Å². The summed E-state index contributed by atoms with van der Waals surface area (Å²) < 4.78 is 9.20. The van der Waals surface area contributed by atoms with Crippen LogP contribution in [0.2, 0.25) is 0 Å². The first-order valence-corrected chi connectivity index (χ1v) is 5.48. The van der Waals surface area contributed by atoms with Crippen LogP contribution in [0.5, 0.6) is 5.88 Å². The molecule has 5 heteroatoms. The Kier molecular flexibility index (Phi) is 4.55. The Bertz CT molecular complexity index is 283. The standard InChI is InChI=1S/C8H11BrN2OS/c1-3-11-13-7-4-6(9)5-10-8(7)12-2/h4-5,11H,3H2,1-2H3. The second-order valence-electron chi connectivity index (χ2n) is 2.26. The molecular formula is C8H11BrN2OS. The van der Waals surface area contributed by atoms with Crippen LogP contribution in [0.25, 0.3) is 0 Å². The summed E-state index contributed by atoms with van der Waals surface area (Å²) in [4.78, 5) is 5.10. The third kappa shape index (κ3) is 3.17. The molecule has 0 aromatic carbocycles. The molecule has 1 rings (SSSR count). The summed E-state index contributed by atoms with van der Waals surface area (Å²) in [7, 11) is 1.62. The number of ether oxygens (including phenoxy) is 1. The van der Waals surface area contributed by atoms with Crippen molar-refractivity contribution in [3.8, 4) is 5.88 Å². The summed E-state index contributed by atoms with van der Waals surface area (Å²) in [5, 5.41) is 0. The number of methoxy groups -OCH3 is 1. The molecule has 0 aliphatic heterocycles. The van der Waals surface area contributed by atoms with Crippen molar-refractivity contribution < 1.29 is 4.74 Å². The summed E-state index contributed by atoms with van der Waals surface area (Å²) >= 11 is 4.88. The van der Waals surface area contributed by atoms with Gasteiger partial charge in [-0.1, -0.05) is 6.92 Å². The Morgan fingerprint density at radius 3 is 3.08 bits per heavy atom. The average molecular weight is 263 g/mol. The molecule has 0 saturated heterocycles. The van der Waals surface area contributed by atoms with Gasteiger partial charge in [-0.2, -0.15) is 0 Å². The first kappa shape index (κ1) is 10.8. The van der Waals surface area contributed by atoms with Gasteiger partial charge in [0.25, 0.3) is 0 Å². The van der Waals surface area contributed by atoms with Gasteiger partial charge in [0.1, 0.15) is 0 Å². The van der Waals surface area contributed by atoms with E-state index in [-0.39, 0.29) is 0 Å². The first-order valence-electron chi connectivity index (χ1n) is 3.87. The van der Waals surface area contributed by atoms with Crippen LogP contribution in [0.3, 0.4) is 0 Å². The Morgan fingerprint density at radius 1 is 1.69 bits per heavy atom. The van der Waals surface area contributed by atoms with Crippen LogP contribution in [-0.2, 0) is 0 Å². The van der Waals surface area contributed by atoms with Crippen molar-refractivity contribution in [3.63, 3.8) is 0 Å². The summed E-state index contributed by atoms with van der Waals surface area (Å²) in [6.45, 7) is 2.95. The van der Waals surface area contributed by atoms with Crippen LogP contribution in [0, 0.1) is 0 Å². The fourth-order valence-corrected chi connectivity index (χ4v) is 1.98. The maximum absolute atomic E-state index is 5.10. The smallest absolute Gasteiger partial charge is 0.228 e. The number of aromatic nitrogens is 1. The van der Waals surface area contributed by atoms with Crippen LogP contribution in [0.15, 0.2) is 21.6 Å². The average Bonchev–Trinajstić information content (AvgIpc) is 2.15. The fourth-order valence-electron chi connectivity index (χ4n) is 0.784. The van der Waals surface area contributed by atoms with Crippen LogP contribution in [0.1, 0.15) is 6.92 Å². The van der Waals surface area contributed by atoms with Gasteiger partial charge in [-0.3, -0.25) is 4.72 Å². The molecule has 0 spiro atoms. The largest absolute Gasteiger partial charge is 0.480 e. The van der Waals surface area contributed by atoms with E-state index in [1.165, 1.54) is 11.9 Å². The minimum atomic E-state index is 0.647. The second kappa shape index (κ2) is 5.47. The molecule has 13 heavy (non-hydrogen) atoms. The van der Waals surface area contributed by atoms with Gasteiger partial charge >= 0.3 is 0 Å². The minimum absolute atomic E-state index is 0.647. The Labute approximate surface area is 90.5 Å². The van der Waals surface area contributed by atoms with Crippen molar-refractivity contribution in [2.75, 3.05) is 13.7 Å². The molecule has 0 unspecified atom stereocenters. The van der Waals surface area contributed by atoms with E-state index in [2.05, 4.69) is 25.6 Å². The van der Waals surface area contributed by atoms with E-state index in [0.29, 0.717) is 5.88 Å². The molecule has 72 valence electrons. The lowest BCUT2D eigenvalue weighted by molar-refractivity contribution is 0.387. The first-order chi connectivity index (χ1) is 6.27. The van der Waals surface area contributed by atoms with E-state index in [1.54, 1.807) is 13.3 Å². The van der Waals surface area contributed by atoms with Crippen LogP contribution < -0.4 is 9.46 Å². The predicted octanol–water partition coefficient (Wildman–Crippen LogP) is 2.47. The van der Waals surface area contributed by atoms with Crippen molar-refractivity contribution in [2.24, 2.45) is 0 Å². The number of rotatable bonds is 4. The second-order valence-corrected chi connectivity index (χ2v) is 4.11. The van der Waals surface area contributed by atoms with E-state index in [1.807, 2.05) is 13.0 Å². The highest BCUT2D eigenvalue weighted by Gasteiger charge is 2.04. The van der Waals surface area contributed by atoms with Gasteiger partial charge in [0, 0.05) is 17.2 Å². The van der Waals surface area contributed by atoms with Crippen molar-refractivity contribution in [1.29, 1.82) is 0 Å². The van der Waals surface area contributed by atoms with Crippen LogP contribution >= 0.6 is 27.9 Å². The van der Waals surface area contributed by atoms with E-state index in [0.717, 1.165) is 15.9 Å². The molecule has 0 aliphatic rings. The molecule has 0 amide bonds. The normalized spacial score (nSPS) is 10.1. The predicted molar refractivity (Wildman–Crippen MR) is 58.0 cm³/mol. The molecule has 1 N–H and O–H groups in total. The number of pyridine rings is 1. The Balaban J connectivity index is 2.81. The fraction of sp³-hybridized carbons (Fsp3) is 0.375. The molecule has 1 heterocycles. The highest BCUT2D eigenvalue weighted by Crippen LogP contribution is 2.27. The van der Waals surface area contributed by atoms with Crippen molar-refractivity contribution in [1.82, 2.24) is 9.71 Å². The van der Waals surface area contributed by atoms with Gasteiger partial charge < -0.3 is 4.74 Å². The van der Waals surface area contributed by atoms with E-state index < -0.39 is 0 Å². The highest BCUT2D eigenvalue weighted by atomic mass is 79.9. The maximum Gasteiger partial charge on any atom is 0.228 e. The van der Waals surface area contributed by atoms with Gasteiger partial charge in [0.2, 0.25) is 5.88 Å². The lowest BCUT2D eigenvalue weighted by Gasteiger charge is -2.06. The highest BCUT2D eigenvalue weighted by molar-refractivity contribution is 9.10. The number of hydrogen-bond acceptors (Lipinski definition) is 4. The number of nitrogens with one attached hydrogen (secondary N) is 1. The molecule has 1 aromatic heterocycles. The number of halogens is 1. The lowest BCUT2D eigenvalue weighted by Crippen LogP contribution is -2.01. The summed E-state index contributed by atoms with van der Waals surface area (Å²) in [6, 6.07) is 1.97.